The molecule has 0 fully saturated rings. The van der Waals surface area contributed by atoms with Gasteiger partial charge in [-0.3, -0.25) is 4.48 Å². The van der Waals surface area contributed by atoms with Crippen LogP contribution in [0.5, 0.6) is 0 Å². The molecule has 0 aromatic rings. The molecular formula is C9H15NO3S+. The van der Waals surface area contributed by atoms with Crippen molar-refractivity contribution in [2.45, 2.75) is 0 Å². The quantitative estimate of drug-likeness (QED) is 0.639. The van der Waals surface area contributed by atoms with Crippen molar-refractivity contribution in [2.75, 3.05) is 33.0 Å². The summed E-state index contributed by atoms with van der Waals surface area (Å²) in [7, 11) is 0.621. The van der Waals surface area contributed by atoms with E-state index in [-0.39, 0.29) is 10.7 Å². The Morgan fingerprint density at radius 1 is 1.43 bits per heavy atom. The largest absolute Gasteiger partial charge is 0.299 e. The van der Waals surface area contributed by atoms with E-state index >= 15 is 0 Å². The third-order valence-corrected chi connectivity index (χ3v) is 3.84. The highest BCUT2D eigenvalue weighted by atomic mass is 32.2. The molecule has 0 bridgehead atoms. The number of hydrogen-bond acceptors (Lipinski definition) is 2. The van der Waals surface area contributed by atoms with E-state index in [9.17, 15) is 13.5 Å². The summed E-state index contributed by atoms with van der Waals surface area (Å²) < 4.78 is 23.6. The Hall–Kier alpha value is -0.650. The molecule has 1 heterocycles. The van der Waals surface area contributed by atoms with Crippen LogP contribution >= 0.6 is 0 Å². The Morgan fingerprint density at radius 2 is 2.07 bits per heavy atom. The first-order valence-electron chi connectivity index (χ1n) is 4.40. The molecule has 0 saturated heterocycles. The summed E-state index contributed by atoms with van der Waals surface area (Å²) in [6.07, 6.45) is 5.07. The summed E-state index contributed by atoms with van der Waals surface area (Å²) in [4.78, 5) is 0.283. The number of hydrogen-bond donors (Lipinski definition) is 0. The van der Waals surface area contributed by atoms with Crippen LogP contribution in [0.1, 0.15) is 0 Å². The minimum absolute atomic E-state index is 0.283. The SMILES string of the molecule is C[N+]1(C)C=CC(S(=O)(=O)CC[O])=CC1. The molecule has 0 aliphatic carbocycles. The van der Waals surface area contributed by atoms with Gasteiger partial charge in [0.2, 0.25) is 0 Å². The Balaban J connectivity index is 2.85. The first-order valence-corrected chi connectivity index (χ1v) is 6.05. The molecule has 5 heteroatoms. The predicted molar refractivity (Wildman–Crippen MR) is 53.5 cm³/mol. The lowest BCUT2D eigenvalue weighted by Gasteiger charge is -2.26. The molecule has 4 nitrogen and oxygen atoms in total. The molecule has 0 saturated carbocycles. The van der Waals surface area contributed by atoms with Gasteiger partial charge in [0, 0.05) is 6.08 Å². The number of quaternary nitrogens is 1. The van der Waals surface area contributed by atoms with Gasteiger partial charge in [-0.05, 0) is 6.08 Å². The van der Waals surface area contributed by atoms with Crippen molar-refractivity contribution >= 4 is 9.84 Å². The molecular weight excluding hydrogens is 202 g/mol. The summed E-state index contributed by atoms with van der Waals surface area (Å²) in [6.45, 7) is 0.0652. The second-order valence-electron chi connectivity index (χ2n) is 3.91. The van der Waals surface area contributed by atoms with E-state index in [1.807, 2.05) is 20.3 Å². The molecule has 0 aromatic heterocycles. The van der Waals surface area contributed by atoms with E-state index in [2.05, 4.69) is 0 Å². The maximum Gasteiger partial charge on any atom is 0.180 e. The number of nitrogens with zero attached hydrogens (tertiary/aromatic N) is 1. The van der Waals surface area contributed by atoms with Crippen molar-refractivity contribution in [3.05, 3.63) is 23.3 Å². The van der Waals surface area contributed by atoms with Crippen LogP contribution in [0.15, 0.2) is 23.3 Å². The fourth-order valence-electron chi connectivity index (χ4n) is 1.19. The van der Waals surface area contributed by atoms with Gasteiger partial charge in [-0.25, -0.2) is 13.5 Å². The molecule has 0 spiro atoms. The zero-order chi connectivity index (χ0) is 10.8. The van der Waals surface area contributed by atoms with Crippen LogP contribution in [0.4, 0.5) is 0 Å². The molecule has 1 aliphatic rings. The van der Waals surface area contributed by atoms with Crippen LogP contribution in [0, 0.1) is 0 Å². The molecule has 0 aromatic carbocycles. The highest BCUT2D eigenvalue weighted by Crippen LogP contribution is 2.16. The molecule has 1 aliphatic heterocycles. The van der Waals surface area contributed by atoms with Gasteiger partial charge in [0.05, 0.1) is 37.6 Å². The lowest BCUT2D eigenvalue weighted by molar-refractivity contribution is -0.833. The van der Waals surface area contributed by atoms with Gasteiger partial charge in [0.15, 0.2) is 9.84 Å². The molecule has 0 unspecified atom stereocenters. The smallest absolute Gasteiger partial charge is 0.180 e. The number of allylic oxidation sites excluding steroid dienone is 1. The summed E-state index contributed by atoms with van der Waals surface area (Å²) in [5, 5.41) is 10.3. The molecule has 0 amide bonds. The Kier molecular flexibility index (Phi) is 3.14. The van der Waals surface area contributed by atoms with E-state index in [1.54, 1.807) is 12.2 Å². The molecule has 79 valence electrons. The maximum absolute atomic E-state index is 11.5. The maximum atomic E-state index is 11.5. The topological polar surface area (TPSA) is 54.0 Å². The highest BCUT2D eigenvalue weighted by Gasteiger charge is 2.22. The molecule has 0 atom stereocenters. The number of likely N-dealkylation sites (N-methyl/N-ethyl adjacent to an activating group) is 1. The average molecular weight is 217 g/mol. The average Bonchev–Trinajstić information content (AvgIpc) is 2.03. The lowest BCUT2D eigenvalue weighted by Crippen LogP contribution is -2.35. The van der Waals surface area contributed by atoms with Crippen LogP contribution < -0.4 is 0 Å². The van der Waals surface area contributed by atoms with Crippen LogP contribution in [-0.4, -0.2) is 45.9 Å². The van der Waals surface area contributed by atoms with E-state index in [4.69, 9.17) is 0 Å². The number of sulfone groups is 1. The molecule has 1 rings (SSSR count). The Morgan fingerprint density at radius 3 is 2.50 bits per heavy atom. The van der Waals surface area contributed by atoms with Crippen LogP contribution in [-0.2, 0) is 14.9 Å². The van der Waals surface area contributed by atoms with Crippen LogP contribution in [0.3, 0.4) is 0 Å². The third kappa shape index (κ3) is 2.67. The summed E-state index contributed by atoms with van der Waals surface area (Å²) in [5.74, 6) is -0.309. The summed E-state index contributed by atoms with van der Waals surface area (Å²) in [6, 6.07) is 0. The first kappa shape index (κ1) is 11.4. The monoisotopic (exact) mass is 217 g/mol. The molecule has 1 radical (unpaired) electrons. The minimum Gasteiger partial charge on any atom is -0.299 e. The van der Waals surface area contributed by atoms with Crippen molar-refractivity contribution in [1.82, 2.24) is 0 Å². The molecule has 14 heavy (non-hydrogen) atoms. The minimum atomic E-state index is -3.33. The summed E-state index contributed by atoms with van der Waals surface area (Å²) in [5.41, 5.74) is 0. The van der Waals surface area contributed by atoms with Crippen LogP contribution in [0.2, 0.25) is 0 Å². The van der Waals surface area contributed by atoms with Crippen molar-refractivity contribution in [1.29, 1.82) is 0 Å². The number of rotatable bonds is 3. The zero-order valence-electron chi connectivity index (χ0n) is 8.43. The van der Waals surface area contributed by atoms with Crippen molar-refractivity contribution in [3.63, 3.8) is 0 Å². The van der Waals surface area contributed by atoms with Gasteiger partial charge in [0.25, 0.3) is 0 Å². The van der Waals surface area contributed by atoms with E-state index in [0.717, 1.165) is 0 Å². The van der Waals surface area contributed by atoms with Gasteiger partial charge in [-0.2, -0.15) is 0 Å². The lowest BCUT2D eigenvalue weighted by atomic mass is 10.3. The zero-order valence-corrected chi connectivity index (χ0v) is 9.25. The van der Waals surface area contributed by atoms with Crippen molar-refractivity contribution in [2.24, 2.45) is 0 Å². The highest BCUT2D eigenvalue weighted by molar-refractivity contribution is 7.95. The standard InChI is InChI=1S/C9H15NO3S/c1-10(2)5-3-9(4-6-10)14(12,13)8-7-11/h3-5H,6-8H2,1-2H3/q+1. The fourth-order valence-corrected chi connectivity index (χ4v) is 2.24. The first-order chi connectivity index (χ1) is 6.37. The normalized spacial score (nSPS) is 20.6. The van der Waals surface area contributed by atoms with E-state index < -0.39 is 16.4 Å². The van der Waals surface area contributed by atoms with Gasteiger partial charge >= 0.3 is 0 Å². The fraction of sp³-hybridized carbons (Fsp3) is 0.556. The van der Waals surface area contributed by atoms with E-state index in [1.165, 1.54) is 0 Å². The third-order valence-electron chi connectivity index (χ3n) is 2.12. The summed E-state index contributed by atoms with van der Waals surface area (Å²) >= 11 is 0. The van der Waals surface area contributed by atoms with E-state index in [0.29, 0.717) is 11.0 Å². The second kappa shape index (κ2) is 3.84. The van der Waals surface area contributed by atoms with Gasteiger partial charge in [-0.1, -0.05) is 0 Å². The van der Waals surface area contributed by atoms with Crippen molar-refractivity contribution < 1.29 is 18.0 Å². The van der Waals surface area contributed by atoms with Gasteiger partial charge in [-0.15, -0.1) is 0 Å². The van der Waals surface area contributed by atoms with Gasteiger partial charge in [0.1, 0.15) is 6.54 Å². The van der Waals surface area contributed by atoms with Gasteiger partial charge < -0.3 is 0 Å². The Labute approximate surface area is 84.7 Å². The van der Waals surface area contributed by atoms with Crippen LogP contribution in [0.25, 0.3) is 0 Å². The van der Waals surface area contributed by atoms with Crippen molar-refractivity contribution in [3.8, 4) is 0 Å². The molecule has 0 N–H and O–H groups in total. The Bertz CT molecular complexity index is 366. The second-order valence-corrected chi connectivity index (χ2v) is 6.02. The predicted octanol–water partition coefficient (Wildman–Crippen LogP) is 0.319.